The standard InChI is InChI=1S/C13H19NO2S/c1-17(15,16)10-11-2-4-12(5-3-11)13-6-8-14-9-7-13/h2-5,13-14H,6-10H2,1H3. The molecule has 0 aromatic heterocycles. The minimum absolute atomic E-state index is 0.138. The number of hydrogen-bond acceptors (Lipinski definition) is 3. The van der Waals surface area contributed by atoms with Crippen molar-refractivity contribution in [2.75, 3.05) is 19.3 Å². The van der Waals surface area contributed by atoms with Gasteiger partial charge < -0.3 is 5.32 Å². The van der Waals surface area contributed by atoms with Crippen LogP contribution in [0.25, 0.3) is 0 Å². The van der Waals surface area contributed by atoms with Gasteiger partial charge in [0.05, 0.1) is 5.75 Å². The molecule has 1 saturated heterocycles. The van der Waals surface area contributed by atoms with Gasteiger partial charge in [-0.3, -0.25) is 0 Å². The molecule has 1 N–H and O–H groups in total. The van der Waals surface area contributed by atoms with Crippen LogP contribution < -0.4 is 5.32 Å². The molecule has 1 aromatic carbocycles. The highest BCUT2D eigenvalue weighted by Gasteiger charge is 2.15. The number of piperidine rings is 1. The van der Waals surface area contributed by atoms with E-state index in [4.69, 9.17) is 0 Å². The van der Waals surface area contributed by atoms with E-state index in [1.807, 2.05) is 12.1 Å². The topological polar surface area (TPSA) is 46.2 Å². The first-order valence-electron chi connectivity index (χ1n) is 6.02. The lowest BCUT2D eigenvalue weighted by Crippen LogP contribution is -2.26. The van der Waals surface area contributed by atoms with Gasteiger partial charge in [0.2, 0.25) is 0 Å². The van der Waals surface area contributed by atoms with E-state index in [9.17, 15) is 8.42 Å². The molecule has 0 amide bonds. The Bertz CT molecular complexity index is 459. The molecule has 94 valence electrons. The summed E-state index contributed by atoms with van der Waals surface area (Å²) >= 11 is 0. The van der Waals surface area contributed by atoms with E-state index in [1.54, 1.807) is 0 Å². The average molecular weight is 253 g/mol. The van der Waals surface area contributed by atoms with E-state index >= 15 is 0 Å². The molecule has 0 aliphatic carbocycles. The van der Waals surface area contributed by atoms with Crippen LogP contribution >= 0.6 is 0 Å². The molecule has 1 aromatic rings. The number of nitrogens with one attached hydrogen (secondary N) is 1. The minimum atomic E-state index is -2.92. The van der Waals surface area contributed by atoms with Gasteiger partial charge >= 0.3 is 0 Å². The summed E-state index contributed by atoms with van der Waals surface area (Å²) in [7, 11) is -2.92. The van der Waals surface area contributed by atoms with Crippen molar-refractivity contribution in [3.8, 4) is 0 Å². The van der Waals surface area contributed by atoms with Gasteiger partial charge in [-0.05, 0) is 43.0 Å². The smallest absolute Gasteiger partial charge is 0.151 e. The monoisotopic (exact) mass is 253 g/mol. The van der Waals surface area contributed by atoms with E-state index < -0.39 is 9.84 Å². The lowest BCUT2D eigenvalue weighted by molar-refractivity contribution is 0.460. The van der Waals surface area contributed by atoms with E-state index in [0.29, 0.717) is 5.92 Å². The summed E-state index contributed by atoms with van der Waals surface area (Å²) in [4.78, 5) is 0. The summed E-state index contributed by atoms with van der Waals surface area (Å²) in [6, 6.07) is 8.05. The van der Waals surface area contributed by atoms with Crippen LogP contribution in [-0.4, -0.2) is 27.8 Å². The summed E-state index contributed by atoms with van der Waals surface area (Å²) < 4.78 is 22.4. The molecule has 0 unspecified atom stereocenters. The quantitative estimate of drug-likeness (QED) is 0.892. The first kappa shape index (κ1) is 12.6. The van der Waals surface area contributed by atoms with E-state index in [2.05, 4.69) is 17.4 Å². The fourth-order valence-corrected chi connectivity index (χ4v) is 3.14. The van der Waals surface area contributed by atoms with Crippen molar-refractivity contribution in [1.29, 1.82) is 0 Å². The molecule has 2 rings (SSSR count). The average Bonchev–Trinajstić information content (AvgIpc) is 2.29. The van der Waals surface area contributed by atoms with E-state index in [-0.39, 0.29) is 5.75 Å². The summed E-state index contributed by atoms with van der Waals surface area (Å²) in [5.41, 5.74) is 2.22. The molecule has 0 bridgehead atoms. The van der Waals surface area contributed by atoms with Gasteiger partial charge in [0, 0.05) is 6.26 Å². The van der Waals surface area contributed by atoms with Crippen LogP contribution in [0.15, 0.2) is 24.3 Å². The van der Waals surface area contributed by atoms with Gasteiger partial charge in [-0.15, -0.1) is 0 Å². The van der Waals surface area contributed by atoms with Crippen molar-refractivity contribution in [2.24, 2.45) is 0 Å². The Hall–Kier alpha value is -0.870. The van der Waals surface area contributed by atoms with Crippen LogP contribution in [-0.2, 0) is 15.6 Å². The third kappa shape index (κ3) is 3.82. The van der Waals surface area contributed by atoms with Crippen LogP contribution in [0.3, 0.4) is 0 Å². The van der Waals surface area contributed by atoms with Crippen LogP contribution in [0, 0.1) is 0 Å². The normalized spacial score (nSPS) is 18.2. The Labute approximate surface area is 103 Å². The molecule has 0 atom stereocenters. The highest BCUT2D eigenvalue weighted by Crippen LogP contribution is 2.25. The first-order chi connectivity index (χ1) is 8.04. The summed E-state index contributed by atoms with van der Waals surface area (Å²) in [5, 5.41) is 3.35. The molecule has 0 spiro atoms. The minimum Gasteiger partial charge on any atom is -0.317 e. The molecule has 1 heterocycles. The largest absolute Gasteiger partial charge is 0.317 e. The highest BCUT2D eigenvalue weighted by atomic mass is 32.2. The summed E-state index contributed by atoms with van der Waals surface area (Å²) in [6.07, 6.45) is 3.62. The number of rotatable bonds is 3. The van der Waals surface area contributed by atoms with Gasteiger partial charge in [-0.25, -0.2) is 8.42 Å². The lowest BCUT2D eigenvalue weighted by atomic mass is 9.90. The van der Waals surface area contributed by atoms with Crippen molar-refractivity contribution in [3.05, 3.63) is 35.4 Å². The predicted octanol–water partition coefficient (Wildman–Crippen LogP) is 1.70. The van der Waals surface area contributed by atoms with Crippen molar-refractivity contribution in [3.63, 3.8) is 0 Å². The zero-order valence-electron chi connectivity index (χ0n) is 10.1. The van der Waals surface area contributed by atoms with Crippen molar-refractivity contribution in [1.82, 2.24) is 5.32 Å². The van der Waals surface area contributed by atoms with Gasteiger partial charge in [0.1, 0.15) is 0 Å². The second-order valence-electron chi connectivity index (χ2n) is 4.84. The Balaban J connectivity index is 2.07. The molecular formula is C13H19NO2S. The Morgan fingerprint density at radius 2 is 1.76 bits per heavy atom. The summed E-state index contributed by atoms with van der Waals surface area (Å²) in [5.74, 6) is 0.767. The van der Waals surface area contributed by atoms with Crippen molar-refractivity contribution < 1.29 is 8.42 Å². The number of sulfone groups is 1. The third-order valence-corrected chi connectivity index (χ3v) is 4.08. The third-order valence-electron chi connectivity index (χ3n) is 3.22. The van der Waals surface area contributed by atoms with E-state index in [1.165, 1.54) is 24.7 Å². The van der Waals surface area contributed by atoms with Crippen LogP contribution in [0.1, 0.15) is 29.9 Å². The second kappa shape index (κ2) is 5.19. The lowest BCUT2D eigenvalue weighted by Gasteiger charge is -2.23. The maximum atomic E-state index is 11.2. The van der Waals surface area contributed by atoms with Crippen molar-refractivity contribution >= 4 is 9.84 Å². The maximum Gasteiger partial charge on any atom is 0.151 e. The second-order valence-corrected chi connectivity index (χ2v) is 6.98. The zero-order chi connectivity index (χ0) is 12.3. The van der Waals surface area contributed by atoms with Gasteiger partial charge in [-0.2, -0.15) is 0 Å². The Morgan fingerprint density at radius 3 is 2.29 bits per heavy atom. The predicted molar refractivity (Wildman–Crippen MR) is 69.8 cm³/mol. The van der Waals surface area contributed by atoms with Crippen LogP contribution in [0.4, 0.5) is 0 Å². The SMILES string of the molecule is CS(=O)(=O)Cc1ccc(C2CCNCC2)cc1. The molecule has 1 fully saturated rings. The molecule has 0 radical (unpaired) electrons. The van der Waals surface area contributed by atoms with Gasteiger partial charge in [0.25, 0.3) is 0 Å². The van der Waals surface area contributed by atoms with Gasteiger partial charge in [0.15, 0.2) is 9.84 Å². The molecule has 17 heavy (non-hydrogen) atoms. The van der Waals surface area contributed by atoms with Crippen molar-refractivity contribution in [2.45, 2.75) is 24.5 Å². The zero-order valence-corrected chi connectivity index (χ0v) is 11.0. The molecule has 3 nitrogen and oxygen atoms in total. The van der Waals surface area contributed by atoms with Gasteiger partial charge in [-0.1, -0.05) is 24.3 Å². The fraction of sp³-hybridized carbons (Fsp3) is 0.538. The molecule has 4 heteroatoms. The van der Waals surface area contributed by atoms with Crippen LogP contribution in [0.5, 0.6) is 0 Å². The van der Waals surface area contributed by atoms with E-state index in [0.717, 1.165) is 18.7 Å². The number of benzene rings is 1. The molecule has 1 aliphatic heterocycles. The Morgan fingerprint density at radius 1 is 1.18 bits per heavy atom. The molecule has 1 aliphatic rings. The van der Waals surface area contributed by atoms with Crippen LogP contribution in [0.2, 0.25) is 0 Å². The molecule has 0 saturated carbocycles. The highest BCUT2D eigenvalue weighted by molar-refractivity contribution is 7.89. The molecular weight excluding hydrogens is 234 g/mol. The Kier molecular flexibility index (Phi) is 3.84. The maximum absolute atomic E-state index is 11.2. The number of hydrogen-bond donors (Lipinski definition) is 1. The first-order valence-corrected chi connectivity index (χ1v) is 8.08. The fourth-order valence-electron chi connectivity index (χ4n) is 2.34. The summed E-state index contributed by atoms with van der Waals surface area (Å²) in [6.45, 7) is 2.16.